The summed E-state index contributed by atoms with van der Waals surface area (Å²) < 4.78 is 12.2. The summed E-state index contributed by atoms with van der Waals surface area (Å²) in [5.41, 5.74) is 1.83. The molecule has 0 radical (unpaired) electrons. The Balaban J connectivity index is 1.71. The van der Waals surface area contributed by atoms with Crippen molar-refractivity contribution in [3.8, 4) is 11.4 Å². The molecule has 1 heterocycles. The van der Waals surface area contributed by atoms with Gasteiger partial charge >= 0.3 is 0 Å². The average Bonchev–Trinajstić information content (AvgIpc) is 3.21. The van der Waals surface area contributed by atoms with E-state index in [1.54, 1.807) is 18.9 Å². The Morgan fingerprint density at radius 2 is 2.14 bits per heavy atom. The molecule has 9 heteroatoms. The van der Waals surface area contributed by atoms with Crippen LogP contribution in [0.15, 0.2) is 41.2 Å². The zero-order valence-corrected chi connectivity index (χ0v) is 17.0. The van der Waals surface area contributed by atoms with Crippen molar-refractivity contribution in [1.82, 2.24) is 25.1 Å². The van der Waals surface area contributed by atoms with E-state index in [0.29, 0.717) is 24.1 Å². The number of thioether (sulfide) groups is 1. The standard InChI is InChI=1S/C19H25N5O3S/c1-26-13-12-23(15-8-4-3-5-9-15)18(25)14-28-19-20-21-22-24(19)16-10-6-7-11-17(16)27-2/h6-8,10-11H,3-5,9,12-14H2,1-2H3. The Morgan fingerprint density at radius 1 is 1.29 bits per heavy atom. The van der Waals surface area contributed by atoms with Crippen LogP contribution in [0.2, 0.25) is 0 Å². The van der Waals surface area contributed by atoms with Crippen molar-refractivity contribution in [3.05, 3.63) is 36.0 Å². The number of nitrogens with zero attached hydrogens (tertiary/aromatic N) is 5. The van der Waals surface area contributed by atoms with E-state index in [-0.39, 0.29) is 11.7 Å². The number of para-hydroxylation sites is 2. The number of ether oxygens (including phenoxy) is 2. The number of rotatable bonds is 9. The third-order valence-electron chi connectivity index (χ3n) is 4.51. The number of carbonyl (C=O) groups excluding carboxylic acids is 1. The lowest BCUT2D eigenvalue weighted by Crippen LogP contribution is -2.35. The van der Waals surface area contributed by atoms with E-state index < -0.39 is 0 Å². The van der Waals surface area contributed by atoms with E-state index in [2.05, 4.69) is 21.6 Å². The summed E-state index contributed by atoms with van der Waals surface area (Å²) in [6.07, 6.45) is 6.41. The molecular formula is C19H25N5O3S. The maximum absolute atomic E-state index is 12.9. The van der Waals surface area contributed by atoms with Gasteiger partial charge < -0.3 is 14.4 Å². The van der Waals surface area contributed by atoms with Crippen LogP contribution in [-0.2, 0) is 9.53 Å². The van der Waals surface area contributed by atoms with Gasteiger partial charge in [-0.1, -0.05) is 30.0 Å². The lowest BCUT2D eigenvalue weighted by molar-refractivity contribution is -0.127. The maximum Gasteiger partial charge on any atom is 0.237 e. The smallest absolute Gasteiger partial charge is 0.237 e. The van der Waals surface area contributed by atoms with Gasteiger partial charge in [-0.3, -0.25) is 4.79 Å². The van der Waals surface area contributed by atoms with Crippen LogP contribution < -0.4 is 4.74 Å². The number of hydrogen-bond acceptors (Lipinski definition) is 7. The molecule has 8 nitrogen and oxygen atoms in total. The number of methoxy groups -OCH3 is 2. The maximum atomic E-state index is 12.9. The molecule has 0 atom stereocenters. The topological polar surface area (TPSA) is 82.4 Å². The van der Waals surface area contributed by atoms with Gasteiger partial charge in [-0.15, -0.1) is 5.10 Å². The fraction of sp³-hybridized carbons (Fsp3) is 0.474. The number of carbonyl (C=O) groups is 1. The quantitative estimate of drug-likeness (QED) is 0.595. The lowest BCUT2D eigenvalue weighted by atomic mass is 10.0. The Morgan fingerprint density at radius 3 is 2.89 bits per heavy atom. The zero-order valence-electron chi connectivity index (χ0n) is 16.2. The first-order valence-corrected chi connectivity index (χ1v) is 10.3. The summed E-state index contributed by atoms with van der Waals surface area (Å²) in [6, 6.07) is 7.49. The van der Waals surface area contributed by atoms with Gasteiger partial charge in [0.05, 0.1) is 19.5 Å². The van der Waals surface area contributed by atoms with Crippen molar-refractivity contribution in [2.75, 3.05) is 33.1 Å². The highest BCUT2D eigenvalue weighted by Crippen LogP contribution is 2.27. The van der Waals surface area contributed by atoms with Gasteiger partial charge in [-0.25, -0.2) is 0 Å². The Bertz CT molecular complexity index is 823. The molecule has 0 aliphatic heterocycles. The second-order valence-corrected chi connectivity index (χ2v) is 7.26. The van der Waals surface area contributed by atoms with E-state index in [4.69, 9.17) is 9.47 Å². The predicted molar refractivity (Wildman–Crippen MR) is 107 cm³/mol. The van der Waals surface area contributed by atoms with Crippen LogP contribution in [-0.4, -0.2) is 64.1 Å². The van der Waals surface area contributed by atoms with Gasteiger partial charge in [0.15, 0.2) is 0 Å². The second-order valence-electron chi connectivity index (χ2n) is 6.31. The highest BCUT2D eigenvalue weighted by atomic mass is 32.2. The Labute approximate surface area is 168 Å². The van der Waals surface area contributed by atoms with Crippen LogP contribution >= 0.6 is 11.8 Å². The van der Waals surface area contributed by atoms with E-state index in [1.807, 2.05) is 29.2 Å². The van der Waals surface area contributed by atoms with Gasteiger partial charge in [0.25, 0.3) is 0 Å². The molecule has 1 amide bonds. The minimum Gasteiger partial charge on any atom is -0.494 e. The molecule has 3 rings (SSSR count). The van der Waals surface area contributed by atoms with Gasteiger partial charge in [-0.05, 0) is 48.2 Å². The van der Waals surface area contributed by atoms with Crippen LogP contribution in [0, 0.1) is 0 Å². The number of allylic oxidation sites excluding steroid dienone is 2. The highest BCUT2D eigenvalue weighted by Gasteiger charge is 2.21. The lowest BCUT2D eigenvalue weighted by Gasteiger charge is -2.27. The van der Waals surface area contributed by atoms with Gasteiger partial charge in [0, 0.05) is 19.4 Å². The van der Waals surface area contributed by atoms with Crippen LogP contribution in [0.5, 0.6) is 5.75 Å². The molecule has 0 bridgehead atoms. The third-order valence-corrected chi connectivity index (χ3v) is 5.42. The van der Waals surface area contributed by atoms with Crippen molar-refractivity contribution in [3.63, 3.8) is 0 Å². The van der Waals surface area contributed by atoms with Crippen molar-refractivity contribution in [2.24, 2.45) is 0 Å². The molecular weight excluding hydrogens is 378 g/mol. The van der Waals surface area contributed by atoms with E-state index in [1.165, 1.54) is 18.2 Å². The van der Waals surface area contributed by atoms with Gasteiger partial charge in [0.1, 0.15) is 11.4 Å². The number of benzene rings is 1. The molecule has 0 unspecified atom stereocenters. The van der Waals surface area contributed by atoms with E-state index >= 15 is 0 Å². The van der Waals surface area contributed by atoms with Crippen molar-refractivity contribution in [2.45, 2.75) is 30.8 Å². The van der Waals surface area contributed by atoms with Crippen molar-refractivity contribution in [1.29, 1.82) is 0 Å². The van der Waals surface area contributed by atoms with Gasteiger partial charge in [-0.2, -0.15) is 4.68 Å². The number of amides is 1. The minimum atomic E-state index is 0.0322. The first kappa shape index (κ1) is 20.3. The van der Waals surface area contributed by atoms with Crippen molar-refractivity contribution < 1.29 is 14.3 Å². The molecule has 1 aliphatic rings. The normalized spacial score (nSPS) is 13.9. The summed E-state index contributed by atoms with van der Waals surface area (Å²) in [4.78, 5) is 14.8. The molecule has 2 aromatic rings. The predicted octanol–water partition coefficient (Wildman–Crippen LogP) is 2.70. The van der Waals surface area contributed by atoms with Crippen LogP contribution in [0.3, 0.4) is 0 Å². The third kappa shape index (κ3) is 4.90. The monoisotopic (exact) mass is 403 g/mol. The zero-order chi connectivity index (χ0) is 19.8. The van der Waals surface area contributed by atoms with Crippen molar-refractivity contribution >= 4 is 17.7 Å². The van der Waals surface area contributed by atoms with Crippen LogP contribution in [0.25, 0.3) is 5.69 Å². The van der Waals surface area contributed by atoms with E-state index in [9.17, 15) is 4.79 Å². The fourth-order valence-electron chi connectivity index (χ4n) is 3.11. The van der Waals surface area contributed by atoms with Crippen LogP contribution in [0.1, 0.15) is 25.7 Å². The molecule has 1 aromatic carbocycles. The molecule has 150 valence electrons. The molecule has 0 saturated heterocycles. The number of tetrazole rings is 1. The molecule has 0 fully saturated rings. The first-order chi connectivity index (χ1) is 13.7. The van der Waals surface area contributed by atoms with Gasteiger partial charge in [0.2, 0.25) is 11.1 Å². The Kier molecular flexibility index (Phi) is 7.44. The fourth-order valence-corrected chi connectivity index (χ4v) is 3.87. The van der Waals surface area contributed by atoms with E-state index in [0.717, 1.165) is 30.6 Å². The Hall–Kier alpha value is -2.39. The SMILES string of the molecule is COCCN(C(=O)CSc1nnnn1-c1ccccc1OC)C1=CCCCC1. The second kappa shape index (κ2) is 10.2. The molecule has 1 aliphatic carbocycles. The highest BCUT2D eigenvalue weighted by molar-refractivity contribution is 7.99. The molecule has 0 saturated carbocycles. The van der Waals surface area contributed by atoms with Crippen LogP contribution in [0.4, 0.5) is 0 Å². The number of hydrogen-bond donors (Lipinski definition) is 0. The largest absolute Gasteiger partial charge is 0.494 e. The molecule has 0 N–H and O–H groups in total. The molecule has 0 spiro atoms. The molecule has 1 aromatic heterocycles. The first-order valence-electron chi connectivity index (χ1n) is 9.27. The number of aromatic nitrogens is 4. The molecule has 28 heavy (non-hydrogen) atoms. The summed E-state index contributed by atoms with van der Waals surface area (Å²) in [6.45, 7) is 1.06. The average molecular weight is 404 g/mol. The summed E-state index contributed by atoms with van der Waals surface area (Å²) in [7, 11) is 3.25. The minimum absolute atomic E-state index is 0.0322. The summed E-state index contributed by atoms with van der Waals surface area (Å²) >= 11 is 1.31. The summed E-state index contributed by atoms with van der Waals surface area (Å²) in [5, 5.41) is 12.4. The summed E-state index contributed by atoms with van der Waals surface area (Å²) in [5.74, 6) is 0.943.